The van der Waals surface area contributed by atoms with Crippen LogP contribution >= 0.6 is 0 Å². The van der Waals surface area contributed by atoms with Crippen LogP contribution in [0.4, 0.5) is 5.95 Å². The number of sulfone groups is 1. The van der Waals surface area contributed by atoms with E-state index in [0.29, 0.717) is 40.9 Å². The molecule has 2 heterocycles. The molecule has 0 bridgehead atoms. The highest BCUT2D eigenvalue weighted by atomic mass is 32.2. The van der Waals surface area contributed by atoms with E-state index >= 15 is 0 Å². The van der Waals surface area contributed by atoms with Crippen molar-refractivity contribution in [1.29, 1.82) is 0 Å². The van der Waals surface area contributed by atoms with Gasteiger partial charge in [-0.25, -0.2) is 8.42 Å². The summed E-state index contributed by atoms with van der Waals surface area (Å²) in [5, 5.41) is 4.12. The second-order valence-electron chi connectivity index (χ2n) is 8.27. The van der Waals surface area contributed by atoms with Gasteiger partial charge in [-0.15, -0.1) is 0 Å². The average molecular weight is 422 g/mol. The third kappa shape index (κ3) is 5.72. The molecule has 1 aliphatic heterocycles. The summed E-state index contributed by atoms with van der Waals surface area (Å²) in [7, 11) is -3.17. The van der Waals surface area contributed by atoms with Gasteiger partial charge >= 0.3 is 0 Å². The van der Waals surface area contributed by atoms with E-state index in [9.17, 15) is 8.42 Å². The number of aromatic nitrogens is 2. The smallest absolute Gasteiger partial charge is 0.266 e. The minimum atomic E-state index is -3.17. The molecule has 1 fully saturated rings. The van der Waals surface area contributed by atoms with Crippen molar-refractivity contribution in [2.24, 2.45) is 11.8 Å². The minimum Gasteiger partial charge on any atom is -0.494 e. The largest absolute Gasteiger partial charge is 0.494 e. The van der Waals surface area contributed by atoms with Crippen LogP contribution in [-0.2, 0) is 9.84 Å². The van der Waals surface area contributed by atoms with Crippen LogP contribution in [0, 0.1) is 11.8 Å². The fourth-order valence-corrected chi connectivity index (χ4v) is 4.27. The van der Waals surface area contributed by atoms with Gasteiger partial charge in [0, 0.05) is 25.3 Å². The van der Waals surface area contributed by atoms with Crippen LogP contribution in [0.5, 0.6) is 5.75 Å². The summed E-state index contributed by atoms with van der Waals surface area (Å²) in [6.07, 6.45) is 4.39. The first-order chi connectivity index (χ1) is 13.7. The Morgan fingerprint density at radius 3 is 2.38 bits per heavy atom. The molecule has 0 saturated carbocycles. The van der Waals surface area contributed by atoms with Gasteiger partial charge in [0.25, 0.3) is 5.95 Å². The van der Waals surface area contributed by atoms with Crippen LogP contribution in [-0.4, -0.2) is 44.5 Å². The van der Waals surface area contributed by atoms with Gasteiger partial charge in [-0.05, 0) is 60.5 Å². The van der Waals surface area contributed by atoms with E-state index in [1.807, 2.05) is 13.8 Å². The lowest BCUT2D eigenvalue weighted by molar-refractivity contribution is 0.222. The molecule has 0 radical (unpaired) electrons. The van der Waals surface area contributed by atoms with Crippen molar-refractivity contribution in [3.05, 3.63) is 30.2 Å². The Balaban J connectivity index is 1.42. The standard InChI is InChI=1S/C21H31N3O4S/c1-15(2)20-22-21(23-28-20)24-12-9-17(10-13-24)16(3)11-14-27-18-5-7-19(8-6-18)29(4,25)26/h5-8,15-17H,9-14H2,1-4H3. The quantitative estimate of drug-likeness (QED) is 0.638. The van der Waals surface area contributed by atoms with Gasteiger partial charge in [0.15, 0.2) is 9.84 Å². The summed E-state index contributed by atoms with van der Waals surface area (Å²) < 4.78 is 34.2. The molecule has 1 unspecified atom stereocenters. The van der Waals surface area contributed by atoms with E-state index < -0.39 is 9.84 Å². The Labute approximate surface area is 173 Å². The van der Waals surface area contributed by atoms with Crippen molar-refractivity contribution in [3.63, 3.8) is 0 Å². The van der Waals surface area contributed by atoms with E-state index in [1.165, 1.54) is 6.26 Å². The number of nitrogens with zero attached hydrogens (tertiary/aromatic N) is 3. The van der Waals surface area contributed by atoms with E-state index in [4.69, 9.17) is 9.26 Å². The molecular weight excluding hydrogens is 390 g/mol. The Morgan fingerprint density at radius 1 is 1.17 bits per heavy atom. The number of anilines is 1. The Kier molecular flexibility index (Phi) is 6.82. The summed E-state index contributed by atoms with van der Waals surface area (Å²) in [6, 6.07) is 6.62. The lowest BCUT2D eigenvalue weighted by Crippen LogP contribution is -2.36. The second-order valence-corrected chi connectivity index (χ2v) is 10.3. The minimum absolute atomic E-state index is 0.247. The van der Waals surface area contributed by atoms with Gasteiger partial charge in [0.2, 0.25) is 5.89 Å². The summed E-state index contributed by atoms with van der Waals surface area (Å²) in [4.78, 5) is 7.02. The van der Waals surface area contributed by atoms with Crippen LogP contribution in [0.3, 0.4) is 0 Å². The van der Waals surface area contributed by atoms with Gasteiger partial charge in [-0.1, -0.05) is 20.8 Å². The van der Waals surface area contributed by atoms with Crippen LogP contribution in [0.2, 0.25) is 0 Å². The molecule has 1 aromatic heterocycles. The molecule has 1 aromatic carbocycles. The van der Waals surface area contributed by atoms with Crippen molar-refractivity contribution in [2.45, 2.75) is 50.8 Å². The SMILES string of the molecule is CC(C)c1nc(N2CCC(C(C)CCOc3ccc(S(C)(=O)=O)cc3)CC2)no1. The first kappa shape index (κ1) is 21.6. The maximum absolute atomic E-state index is 11.5. The van der Waals surface area contributed by atoms with Gasteiger partial charge in [-0.2, -0.15) is 4.98 Å². The zero-order valence-electron chi connectivity index (χ0n) is 17.7. The number of hydrogen-bond acceptors (Lipinski definition) is 7. The third-order valence-corrected chi connectivity index (χ3v) is 6.77. The van der Waals surface area contributed by atoms with E-state index in [-0.39, 0.29) is 5.92 Å². The third-order valence-electron chi connectivity index (χ3n) is 5.65. The van der Waals surface area contributed by atoms with Gasteiger partial charge < -0.3 is 14.2 Å². The van der Waals surface area contributed by atoms with Gasteiger partial charge in [0.1, 0.15) is 5.75 Å². The lowest BCUT2D eigenvalue weighted by Gasteiger charge is -2.34. The van der Waals surface area contributed by atoms with Crippen molar-refractivity contribution in [2.75, 3.05) is 30.9 Å². The first-order valence-electron chi connectivity index (χ1n) is 10.3. The topological polar surface area (TPSA) is 85.5 Å². The summed E-state index contributed by atoms with van der Waals surface area (Å²) in [5.41, 5.74) is 0. The molecule has 7 nitrogen and oxygen atoms in total. The molecule has 1 saturated heterocycles. The summed E-state index contributed by atoms with van der Waals surface area (Å²) in [6.45, 7) is 8.89. The molecule has 1 aliphatic rings. The second kappa shape index (κ2) is 9.15. The van der Waals surface area contributed by atoms with Crippen LogP contribution in [0.15, 0.2) is 33.7 Å². The van der Waals surface area contributed by atoms with Crippen molar-refractivity contribution >= 4 is 15.8 Å². The number of piperidine rings is 1. The fourth-order valence-electron chi connectivity index (χ4n) is 3.64. The molecule has 1 atom stereocenters. The first-order valence-corrected chi connectivity index (χ1v) is 12.1. The van der Waals surface area contributed by atoms with Crippen molar-refractivity contribution in [1.82, 2.24) is 10.1 Å². The highest BCUT2D eigenvalue weighted by molar-refractivity contribution is 7.90. The normalized spacial score (nSPS) is 16.9. The summed E-state index contributed by atoms with van der Waals surface area (Å²) >= 11 is 0. The number of benzene rings is 1. The van der Waals surface area contributed by atoms with Crippen molar-refractivity contribution < 1.29 is 17.7 Å². The molecule has 8 heteroatoms. The zero-order valence-corrected chi connectivity index (χ0v) is 18.5. The number of hydrogen-bond donors (Lipinski definition) is 0. The van der Waals surface area contributed by atoms with Crippen LogP contribution in [0.25, 0.3) is 0 Å². The van der Waals surface area contributed by atoms with E-state index in [2.05, 4.69) is 22.0 Å². The Hall–Kier alpha value is -2.09. The highest BCUT2D eigenvalue weighted by Gasteiger charge is 2.26. The molecule has 160 valence electrons. The zero-order chi connectivity index (χ0) is 21.0. The maximum Gasteiger partial charge on any atom is 0.266 e. The number of rotatable bonds is 8. The molecule has 0 amide bonds. The average Bonchev–Trinajstić information content (AvgIpc) is 3.18. The van der Waals surface area contributed by atoms with Gasteiger partial charge in [-0.3, -0.25) is 0 Å². The molecule has 2 aromatic rings. The highest BCUT2D eigenvalue weighted by Crippen LogP contribution is 2.29. The number of ether oxygens (including phenoxy) is 1. The van der Waals surface area contributed by atoms with E-state index in [0.717, 1.165) is 32.4 Å². The van der Waals surface area contributed by atoms with Crippen LogP contribution < -0.4 is 9.64 Å². The Bertz CT molecular complexity index is 885. The van der Waals surface area contributed by atoms with Crippen LogP contribution in [0.1, 0.15) is 51.8 Å². The van der Waals surface area contributed by atoms with E-state index in [1.54, 1.807) is 24.3 Å². The van der Waals surface area contributed by atoms with Crippen molar-refractivity contribution in [3.8, 4) is 5.75 Å². The molecule has 29 heavy (non-hydrogen) atoms. The predicted molar refractivity (Wildman–Crippen MR) is 112 cm³/mol. The predicted octanol–water partition coefficient (Wildman–Crippen LogP) is 3.92. The molecule has 0 N–H and O–H groups in total. The maximum atomic E-state index is 11.5. The Morgan fingerprint density at radius 2 is 1.83 bits per heavy atom. The molecule has 0 aliphatic carbocycles. The summed E-state index contributed by atoms with van der Waals surface area (Å²) in [5.74, 6) is 3.56. The molecule has 3 rings (SSSR count). The van der Waals surface area contributed by atoms with Gasteiger partial charge in [0.05, 0.1) is 11.5 Å². The fraction of sp³-hybridized carbons (Fsp3) is 0.619. The molecular formula is C21H31N3O4S. The monoisotopic (exact) mass is 421 g/mol. The lowest BCUT2D eigenvalue weighted by atomic mass is 9.84. The molecule has 0 spiro atoms.